The van der Waals surface area contributed by atoms with Crippen LogP contribution < -0.4 is 10.1 Å². The molecule has 9 heteroatoms. The van der Waals surface area contributed by atoms with Crippen LogP contribution in [0.4, 0.5) is 0 Å². The molecule has 1 atom stereocenters. The number of aryl methyl sites for hydroxylation is 2. The summed E-state index contributed by atoms with van der Waals surface area (Å²) in [5.74, 6) is 1.63. The zero-order valence-electron chi connectivity index (χ0n) is 20.5. The van der Waals surface area contributed by atoms with Gasteiger partial charge in [-0.1, -0.05) is 0 Å². The zero-order valence-corrected chi connectivity index (χ0v) is 20.5. The third-order valence-electron chi connectivity index (χ3n) is 7.54. The van der Waals surface area contributed by atoms with Crippen LogP contribution >= 0.6 is 0 Å². The van der Waals surface area contributed by atoms with Crippen LogP contribution in [-0.2, 0) is 0 Å². The van der Waals surface area contributed by atoms with Crippen LogP contribution in [0.1, 0.15) is 51.3 Å². The van der Waals surface area contributed by atoms with Gasteiger partial charge < -0.3 is 24.5 Å². The van der Waals surface area contributed by atoms with E-state index in [1.807, 2.05) is 6.92 Å². The summed E-state index contributed by atoms with van der Waals surface area (Å²) < 4.78 is 13.7. The van der Waals surface area contributed by atoms with E-state index in [0.717, 1.165) is 18.4 Å². The van der Waals surface area contributed by atoms with Crippen molar-refractivity contribution in [1.82, 2.24) is 19.8 Å². The molecule has 9 nitrogen and oxygen atoms in total. The summed E-state index contributed by atoms with van der Waals surface area (Å²) in [4.78, 5) is 27.4. The molecule has 2 aliphatic rings. The summed E-state index contributed by atoms with van der Waals surface area (Å²) in [6.45, 7) is 4.56. The second kappa shape index (κ2) is 8.09. The molecule has 4 heterocycles. The molecule has 4 aromatic rings. The van der Waals surface area contributed by atoms with Gasteiger partial charge in [-0.05, 0) is 56.7 Å². The van der Waals surface area contributed by atoms with Crippen molar-refractivity contribution < 1.29 is 23.8 Å². The van der Waals surface area contributed by atoms with Crippen molar-refractivity contribution in [2.45, 2.75) is 38.7 Å². The van der Waals surface area contributed by atoms with Gasteiger partial charge in [-0.25, -0.2) is 4.52 Å². The molecule has 0 unspecified atom stereocenters. The molecular formula is C27H28N4O5. The van der Waals surface area contributed by atoms with E-state index in [1.165, 1.54) is 0 Å². The number of aromatic nitrogens is 2. The van der Waals surface area contributed by atoms with Crippen molar-refractivity contribution in [1.29, 1.82) is 0 Å². The molecule has 186 valence electrons. The highest BCUT2D eigenvalue weighted by molar-refractivity contribution is 6.07. The molecule has 3 aromatic heterocycles. The van der Waals surface area contributed by atoms with Gasteiger partial charge in [-0.15, -0.1) is 0 Å². The van der Waals surface area contributed by atoms with Gasteiger partial charge in [0.25, 0.3) is 11.8 Å². The molecule has 2 amide bonds. The van der Waals surface area contributed by atoms with Crippen LogP contribution in [0.15, 0.2) is 41.1 Å². The lowest BCUT2D eigenvalue weighted by Gasteiger charge is -2.23. The largest absolute Gasteiger partial charge is 0.460 e. The summed E-state index contributed by atoms with van der Waals surface area (Å²) in [6.07, 6.45) is 6.04. The highest BCUT2D eigenvalue weighted by Gasteiger charge is 2.49. The molecular weight excluding hydrogens is 460 g/mol. The molecule has 2 N–H and O–H groups in total. The van der Waals surface area contributed by atoms with E-state index in [2.05, 4.69) is 10.4 Å². The lowest BCUT2D eigenvalue weighted by Crippen LogP contribution is -2.37. The fourth-order valence-corrected chi connectivity index (χ4v) is 5.43. The fraction of sp³-hybridized carbons (Fsp3) is 0.370. The van der Waals surface area contributed by atoms with Crippen LogP contribution in [-0.4, -0.2) is 57.2 Å². The Kier molecular flexibility index (Phi) is 5.08. The van der Waals surface area contributed by atoms with Crippen molar-refractivity contribution >= 4 is 28.3 Å². The fourth-order valence-electron chi connectivity index (χ4n) is 5.43. The third kappa shape index (κ3) is 3.53. The van der Waals surface area contributed by atoms with Gasteiger partial charge in [0.2, 0.25) is 0 Å². The van der Waals surface area contributed by atoms with Gasteiger partial charge >= 0.3 is 0 Å². The molecule has 1 aliphatic carbocycles. The number of rotatable bonds is 5. The number of ether oxygens (including phenoxy) is 1. The number of carbonyl (C=O) groups excluding carboxylic acids is 2. The van der Waals surface area contributed by atoms with Crippen molar-refractivity contribution in [3.63, 3.8) is 0 Å². The number of furan rings is 1. The summed E-state index contributed by atoms with van der Waals surface area (Å²) in [6, 6.07) is 7.09. The molecule has 1 aliphatic heterocycles. The number of β-amino-alcohol motifs (C(OH)–C–C–N with tert-alkyl or cyclic N) is 1. The van der Waals surface area contributed by atoms with E-state index in [9.17, 15) is 14.7 Å². The average molecular weight is 489 g/mol. The number of fused-ring (bicyclic) bond motifs is 2. The number of hydrogen-bond donors (Lipinski definition) is 2. The predicted octanol–water partition coefficient (Wildman–Crippen LogP) is 3.84. The summed E-state index contributed by atoms with van der Waals surface area (Å²) in [5.41, 5.74) is 2.31. The SMILES string of the molecule is CNC(=O)c1c(C)oc2cc(Oc3ccnn4cc(C(=O)N5CC[C@@](O)(C6CC6)C5)c(C)c34)ccc12. The number of amides is 2. The number of nitrogens with zero attached hydrogens (tertiary/aromatic N) is 3. The molecule has 0 spiro atoms. The number of hydrogen-bond acceptors (Lipinski definition) is 6. The molecule has 36 heavy (non-hydrogen) atoms. The average Bonchev–Trinajstić information content (AvgIpc) is 3.47. The molecule has 1 aromatic carbocycles. The smallest absolute Gasteiger partial charge is 0.255 e. The molecule has 6 rings (SSSR count). The van der Waals surface area contributed by atoms with E-state index >= 15 is 0 Å². The normalized spacial score (nSPS) is 19.8. The first kappa shape index (κ1) is 22.6. The molecule has 0 radical (unpaired) electrons. The van der Waals surface area contributed by atoms with E-state index in [4.69, 9.17) is 9.15 Å². The van der Waals surface area contributed by atoms with Gasteiger partial charge in [0, 0.05) is 37.3 Å². The molecule has 2 fully saturated rings. The first-order valence-electron chi connectivity index (χ1n) is 12.2. The number of nitrogens with one attached hydrogen (secondary N) is 1. The van der Waals surface area contributed by atoms with Crippen LogP contribution in [0.2, 0.25) is 0 Å². The number of aliphatic hydroxyl groups is 1. The topological polar surface area (TPSA) is 109 Å². The minimum Gasteiger partial charge on any atom is -0.460 e. The van der Waals surface area contributed by atoms with Crippen molar-refractivity contribution in [3.8, 4) is 11.5 Å². The maximum Gasteiger partial charge on any atom is 0.255 e. The van der Waals surface area contributed by atoms with E-state index in [0.29, 0.717) is 70.3 Å². The Morgan fingerprint density at radius 1 is 1.25 bits per heavy atom. The number of likely N-dealkylation sites (tertiary alicyclic amines) is 1. The lowest BCUT2D eigenvalue weighted by molar-refractivity contribution is 0.0257. The van der Waals surface area contributed by atoms with Gasteiger partial charge in [-0.3, -0.25) is 9.59 Å². The maximum absolute atomic E-state index is 13.4. The highest BCUT2D eigenvalue weighted by Crippen LogP contribution is 2.45. The predicted molar refractivity (Wildman–Crippen MR) is 133 cm³/mol. The van der Waals surface area contributed by atoms with Gasteiger partial charge in [0.15, 0.2) is 5.75 Å². The van der Waals surface area contributed by atoms with Gasteiger partial charge in [-0.2, -0.15) is 5.10 Å². The molecule has 0 bridgehead atoms. The summed E-state index contributed by atoms with van der Waals surface area (Å²) >= 11 is 0. The van der Waals surface area contributed by atoms with Crippen LogP contribution in [0.25, 0.3) is 16.5 Å². The van der Waals surface area contributed by atoms with E-state index in [1.54, 1.807) is 60.0 Å². The standard InChI is InChI=1S/C27H28N4O5/c1-15-20(26(33)30-11-9-27(34,14-30)17-4-5-17)13-31-24(15)21(8-10-29-31)36-18-6-7-19-22(12-18)35-16(2)23(19)25(32)28-3/h6-8,10,12-13,17,34H,4-5,9,11,14H2,1-3H3,(H,28,32)/t27-/m0/s1. The highest BCUT2D eigenvalue weighted by atomic mass is 16.5. The maximum atomic E-state index is 13.4. The Morgan fingerprint density at radius 3 is 2.81 bits per heavy atom. The Morgan fingerprint density at radius 2 is 2.06 bits per heavy atom. The third-order valence-corrected chi connectivity index (χ3v) is 7.54. The van der Waals surface area contributed by atoms with Crippen molar-refractivity contribution in [2.75, 3.05) is 20.1 Å². The second-order valence-electron chi connectivity index (χ2n) is 9.88. The van der Waals surface area contributed by atoms with Gasteiger partial charge in [0.05, 0.1) is 29.5 Å². The Hall–Kier alpha value is -3.85. The monoisotopic (exact) mass is 488 g/mol. The minimum atomic E-state index is -0.754. The van der Waals surface area contributed by atoms with Crippen molar-refractivity contribution in [2.24, 2.45) is 5.92 Å². The Balaban J connectivity index is 1.31. The summed E-state index contributed by atoms with van der Waals surface area (Å²) in [5, 5.41) is 18.6. The van der Waals surface area contributed by atoms with E-state index < -0.39 is 5.60 Å². The minimum absolute atomic E-state index is 0.102. The Labute approximate surface area is 207 Å². The van der Waals surface area contributed by atoms with Crippen LogP contribution in [0, 0.1) is 19.8 Å². The molecule has 1 saturated heterocycles. The van der Waals surface area contributed by atoms with Crippen LogP contribution in [0.5, 0.6) is 11.5 Å². The quantitative estimate of drug-likeness (QED) is 0.442. The second-order valence-corrected chi connectivity index (χ2v) is 9.88. The van der Waals surface area contributed by atoms with Crippen molar-refractivity contribution in [3.05, 3.63) is 59.1 Å². The van der Waals surface area contributed by atoms with Crippen LogP contribution in [0.3, 0.4) is 0 Å². The Bertz CT molecular complexity index is 1530. The number of benzene rings is 1. The lowest BCUT2D eigenvalue weighted by atomic mass is 9.97. The van der Waals surface area contributed by atoms with Gasteiger partial charge in [0.1, 0.15) is 22.6 Å². The summed E-state index contributed by atoms with van der Waals surface area (Å²) in [7, 11) is 1.59. The first-order valence-corrected chi connectivity index (χ1v) is 12.2. The zero-order chi connectivity index (χ0) is 25.2. The first-order chi connectivity index (χ1) is 17.3. The number of carbonyl (C=O) groups is 2. The molecule has 1 saturated carbocycles. The van der Waals surface area contributed by atoms with E-state index in [-0.39, 0.29) is 11.8 Å².